The Labute approximate surface area is 84.1 Å². The molecule has 0 aliphatic heterocycles. The van der Waals surface area contributed by atoms with E-state index in [0.29, 0.717) is 6.54 Å². The van der Waals surface area contributed by atoms with Crippen LogP contribution in [-0.2, 0) is 6.42 Å². The average molecular weight is 190 g/mol. The molecular weight excluding hydrogens is 176 g/mol. The van der Waals surface area contributed by atoms with Gasteiger partial charge in [0, 0.05) is 0 Å². The lowest BCUT2D eigenvalue weighted by molar-refractivity contribution is 0.276. The number of nitriles is 1. The van der Waals surface area contributed by atoms with Crippen LogP contribution in [0.15, 0.2) is 24.3 Å². The van der Waals surface area contributed by atoms with Crippen molar-refractivity contribution in [1.29, 1.82) is 5.26 Å². The molecule has 1 aromatic carbocycles. The van der Waals surface area contributed by atoms with Crippen LogP contribution in [0.25, 0.3) is 0 Å². The molecule has 1 rings (SSSR count). The van der Waals surface area contributed by atoms with E-state index in [-0.39, 0.29) is 0 Å². The number of hydrogen-bond donors (Lipinski definition) is 1. The Hall–Kier alpha value is -1.53. The smallest absolute Gasteiger partial charge is 0.181 e. The zero-order chi connectivity index (χ0) is 10.4. The third kappa shape index (κ3) is 3.08. The number of hydrogen-bond acceptors (Lipinski definition) is 3. The van der Waals surface area contributed by atoms with Crippen molar-refractivity contribution in [2.45, 2.75) is 19.4 Å². The summed E-state index contributed by atoms with van der Waals surface area (Å²) in [6.07, 6.45) is 0.462. The van der Waals surface area contributed by atoms with E-state index in [4.69, 9.17) is 15.7 Å². The standard InChI is InChI=1S/C11H14N2O/c1-9(8-13)14-11-4-2-10(3-5-11)6-7-12/h2-5,9H,6-7,12H2,1H3. The van der Waals surface area contributed by atoms with Crippen LogP contribution in [0.2, 0.25) is 0 Å². The Balaban J connectivity index is 2.60. The van der Waals surface area contributed by atoms with Gasteiger partial charge in [-0.2, -0.15) is 5.26 Å². The van der Waals surface area contributed by atoms with Gasteiger partial charge in [0.15, 0.2) is 6.10 Å². The number of nitrogens with zero attached hydrogens (tertiary/aromatic N) is 1. The molecule has 3 heteroatoms. The van der Waals surface area contributed by atoms with E-state index in [9.17, 15) is 0 Å². The van der Waals surface area contributed by atoms with Crippen LogP contribution in [0.1, 0.15) is 12.5 Å². The fraction of sp³-hybridized carbons (Fsp3) is 0.364. The first-order valence-electron chi connectivity index (χ1n) is 4.61. The number of benzene rings is 1. The molecule has 74 valence electrons. The van der Waals surface area contributed by atoms with Crippen molar-refractivity contribution in [2.75, 3.05) is 6.54 Å². The summed E-state index contributed by atoms with van der Waals surface area (Å²) in [6.45, 7) is 2.36. The van der Waals surface area contributed by atoms with Gasteiger partial charge in [-0.05, 0) is 37.6 Å². The summed E-state index contributed by atoms with van der Waals surface area (Å²) in [6, 6.07) is 9.66. The molecule has 1 atom stereocenters. The molecule has 0 aliphatic rings. The number of rotatable bonds is 4. The van der Waals surface area contributed by atoms with Gasteiger partial charge in [-0.25, -0.2) is 0 Å². The highest BCUT2D eigenvalue weighted by molar-refractivity contribution is 5.27. The molecule has 0 saturated carbocycles. The monoisotopic (exact) mass is 190 g/mol. The minimum atomic E-state index is -0.407. The molecule has 14 heavy (non-hydrogen) atoms. The minimum absolute atomic E-state index is 0.407. The molecule has 0 aliphatic carbocycles. The Morgan fingerprint density at radius 2 is 2.07 bits per heavy atom. The second kappa shape index (κ2) is 5.25. The van der Waals surface area contributed by atoms with E-state index < -0.39 is 6.10 Å². The molecule has 0 fully saturated rings. The lowest BCUT2D eigenvalue weighted by Crippen LogP contribution is -2.08. The van der Waals surface area contributed by atoms with E-state index in [1.807, 2.05) is 30.3 Å². The molecular formula is C11H14N2O. The van der Waals surface area contributed by atoms with Gasteiger partial charge in [0.1, 0.15) is 11.8 Å². The highest BCUT2D eigenvalue weighted by atomic mass is 16.5. The Bertz CT molecular complexity index is 313. The number of ether oxygens (including phenoxy) is 1. The molecule has 1 aromatic rings. The van der Waals surface area contributed by atoms with Crippen molar-refractivity contribution in [2.24, 2.45) is 5.73 Å². The Morgan fingerprint density at radius 3 is 2.57 bits per heavy atom. The zero-order valence-electron chi connectivity index (χ0n) is 8.23. The third-order valence-electron chi connectivity index (χ3n) is 1.85. The summed E-state index contributed by atoms with van der Waals surface area (Å²) in [4.78, 5) is 0. The minimum Gasteiger partial charge on any atom is -0.476 e. The molecule has 0 spiro atoms. The van der Waals surface area contributed by atoms with Crippen LogP contribution in [-0.4, -0.2) is 12.6 Å². The van der Waals surface area contributed by atoms with Gasteiger partial charge in [-0.3, -0.25) is 0 Å². The van der Waals surface area contributed by atoms with E-state index in [1.165, 1.54) is 5.56 Å². The quantitative estimate of drug-likeness (QED) is 0.782. The SMILES string of the molecule is CC(C#N)Oc1ccc(CCN)cc1. The molecule has 0 radical (unpaired) electrons. The summed E-state index contributed by atoms with van der Waals surface area (Å²) in [5.74, 6) is 0.722. The molecule has 0 amide bonds. The summed E-state index contributed by atoms with van der Waals surface area (Å²) >= 11 is 0. The topological polar surface area (TPSA) is 59.0 Å². The second-order valence-electron chi connectivity index (χ2n) is 3.07. The van der Waals surface area contributed by atoms with Gasteiger partial charge in [0.25, 0.3) is 0 Å². The van der Waals surface area contributed by atoms with Crippen molar-refractivity contribution >= 4 is 0 Å². The maximum atomic E-state index is 8.54. The van der Waals surface area contributed by atoms with Crippen LogP contribution in [0.4, 0.5) is 0 Å². The zero-order valence-corrected chi connectivity index (χ0v) is 8.23. The maximum absolute atomic E-state index is 8.54. The van der Waals surface area contributed by atoms with Crippen molar-refractivity contribution in [3.8, 4) is 11.8 Å². The van der Waals surface area contributed by atoms with Crippen LogP contribution >= 0.6 is 0 Å². The first kappa shape index (κ1) is 10.6. The first-order valence-corrected chi connectivity index (χ1v) is 4.61. The molecule has 0 bridgehead atoms. The molecule has 2 N–H and O–H groups in total. The van der Waals surface area contributed by atoms with E-state index in [1.54, 1.807) is 6.92 Å². The molecule has 3 nitrogen and oxygen atoms in total. The predicted molar refractivity (Wildman–Crippen MR) is 54.9 cm³/mol. The normalized spacial score (nSPS) is 11.8. The van der Waals surface area contributed by atoms with E-state index >= 15 is 0 Å². The Morgan fingerprint density at radius 1 is 1.43 bits per heavy atom. The highest BCUT2D eigenvalue weighted by Gasteiger charge is 2.00. The predicted octanol–water partition coefficient (Wildman–Crippen LogP) is 1.48. The van der Waals surface area contributed by atoms with Crippen LogP contribution in [0.3, 0.4) is 0 Å². The highest BCUT2D eigenvalue weighted by Crippen LogP contribution is 2.13. The second-order valence-corrected chi connectivity index (χ2v) is 3.07. The van der Waals surface area contributed by atoms with Gasteiger partial charge in [-0.15, -0.1) is 0 Å². The number of nitrogens with two attached hydrogens (primary N) is 1. The van der Waals surface area contributed by atoms with Crippen molar-refractivity contribution in [3.63, 3.8) is 0 Å². The maximum Gasteiger partial charge on any atom is 0.181 e. The Kier molecular flexibility index (Phi) is 3.96. The third-order valence-corrected chi connectivity index (χ3v) is 1.85. The fourth-order valence-corrected chi connectivity index (χ4v) is 1.13. The lowest BCUT2D eigenvalue weighted by atomic mass is 10.1. The van der Waals surface area contributed by atoms with E-state index in [0.717, 1.165) is 12.2 Å². The van der Waals surface area contributed by atoms with Gasteiger partial charge >= 0.3 is 0 Å². The summed E-state index contributed by atoms with van der Waals surface area (Å²) < 4.78 is 5.30. The van der Waals surface area contributed by atoms with Gasteiger partial charge in [0.05, 0.1) is 0 Å². The summed E-state index contributed by atoms with van der Waals surface area (Å²) in [5.41, 5.74) is 6.61. The van der Waals surface area contributed by atoms with Crippen molar-refractivity contribution in [3.05, 3.63) is 29.8 Å². The van der Waals surface area contributed by atoms with Gasteiger partial charge < -0.3 is 10.5 Å². The molecule has 0 aromatic heterocycles. The lowest BCUT2D eigenvalue weighted by Gasteiger charge is -2.07. The van der Waals surface area contributed by atoms with Crippen molar-refractivity contribution < 1.29 is 4.74 Å². The summed E-state index contributed by atoms with van der Waals surface area (Å²) in [5, 5.41) is 8.54. The van der Waals surface area contributed by atoms with E-state index in [2.05, 4.69) is 0 Å². The average Bonchev–Trinajstić information content (AvgIpc) is 2.21. The van der Waals surface area contributed by atoms with Crippen molar-refractivity contribution in [1.82, 2.24) is 0 Å². The summed E-state index contributed by atoms with van der Waals surface area (Å²) in [7, 11) is 0. The molecule has 0 heterocycles. The largest absolute Gasteiger partial charge is 0.476 e. The van der Waals surface area contributed by atoms with Crippen LogP contribution in [0, 0.1) is 11.3 Å². The first-order chi connectivity index (χ1) is 6.76. The molecule has 1 unspecified atom stereocenters. The fourth-order valence-electron chi connectivity index (χ4n) is 1.13. The van der Waals surface area contributed by atoms with Gasteiger partial charge in [0.2, 0.25) is 0 Å². The molecule has 0 saturated heterocycles. The van der Waals surface area contributed by atoms with Crippen LogP contribution in [0.5, 0.6) is 5.75 Å². The van der Waals surface area contributed by atoms with Gasteiger partial charge in [-0.1, -0.05) is 12.1 Å². The van der Waals surface area contributed by atoms with Crippen LogP contribution < -0.4 is 10.5 Å².